The quantitative estimate of drug-likeness (QED) is 0.305. The molecule has 9 heteroatoms. The number of hydrogen-bond acceptors (Lipinski definition) is 5. The van der Waals surface area contributed by atoms with Gasteiger partial charge in [0.25, 0.3) is 10.0 Å². The predicted molar refractivity (Wildman–Crippen MR) is 165 cm³/mol. The number of nitrogens with one attached hydrogen (secondary N) is 1. The summed E-state index contributed by atoms with van der Waals surface area (Å²) in [5.41, 5.74) is 3.18. The molecule has 224 valence electrons. The van der Waals surface area contributed by atoms with Gasteiger partial charge in [0.2, 0.25) is 11.8 Å². The lowest BCUT2D eigenvalue weighted by molar-refractivity contribution is -0.140. The smallest absolute Gasteiger partial charge is 0.264 e. The third kappa shape index (κ3) is 7.50. The predicted octanol–water partition coefficient (Wildman–Crippen LogP) is 5.37. The minimum atomic E-state index is -4.12. The first-order valence-corrected chi connectivity index (χ1v) is 15.9. The summed E-state index contributed by atoms with van der Waals surface area (Å²) >= 11 is 0. The van der Waals surface area contributed by atoms with E-state index in [-0.39, 0.29) is 23.4 Å². The SMILES string of the molecule is CC[C@H](C(=O)NC1CCCC1)N(Cc1ccc(C)cc1)C(=O)CN(c1ccc(OC)cc1)S(=O)(=O)c1ccc(C)cc1. The lowest BCUT2D eigenvalue weighted by Gasteiger charge is -2.33. The second-order valence-corrected chi connectivity index (χ2v) is 12.8. The zero-order valence-electron chi connectivity index (χ0n) is 24.9. The number of amides is 2. The fourth-order valence-corrected chi connectivity index (χ4v) is 6.71. The summed E-state index contributed by atoms with van der Waals surface area (Å²) in [6.45, 7) is 5.45. The van der Waals surface area contributed by atoms with E-state index >= 15 is 0 Å². The van der Waals surface area contributed by atoms with Gasteiger partial charge in [-0.15, -0.1) is 0 Å². The third-order valence-electron chi connectivity index (χ3n) is 7.81. The van der Waals surface area contributed by atoms with E-state index in [1.165, 1.54) is 12.0 Å². The molecule has 8 nitrogen and oxygen atoms in total. The summed E-state index contributed by atoms with van der Waals surface area (Å²) in [5, 5.41) is 3.14. The highest BCUT2D eigenvalue weighted by atomic mass is 32.2. The maximum absolute atomic E-state index is 14.2. The molecule has 1 fully saturated rings. The van der Waals surface area contributed by atoms with E-state index in [9.17, 15) is 18.0 Å². The molecular formula is C33H41N3O5S. The van der Waals surface area contributed by atoms with Gasteiger partial charge >= 0.3 is 0 Å². The van der Waals surface area contributed by atoms with Crippen LogP contribution in [0.4, 0.5) is 5.69 Å². The summed E-state index contributed by atoms with van der Waals surface area (Å²) in [6.07, 6.45) is 4.38. The van der Waals surface area contributed by atoms with Crippen LogP contribution < -0.4 is 14.4 Å². The Balaban J connectivity index is 1.71. The minimum absolute atomic E-state index is 0.0767. The van der Waals surface area contributed by atoms with E-state index in [4.69, 9.17) is 4.74 Å². The molecule has 0 radical (unpaired) electrons. The first-order chi connectivity index (χ1) is 20.1. The van der Waals surface area contributed by atoms with Crippen molar-refractivity contribution < 1.29 is 22.7 Å². The molecule has 0 unspecified atom stereocenters. The number of hydrogen-bond donors (Lipinski definition) is 1. The Morgan fingerprint density at radius 3 is 2.02 bits per heavy atom. The standard InChI is InChI=1S/C33H41N3O5S/c1-5-31(33(38)34-27-8-6-7-9-27)35(22-26-14-10-24(2)11-15-26)32(37)23-36(28-16-18-29(41-4)19-17-28)42(39,40)30-20-12-25(3)13-21-30/h10-21,27,31H,5-9,22-23H2,1-4H3,(H,34,38)/t31-/m1/s1. The molecule has 1 aliphatic rings. The Labute approximate surface area is 249 Å². The molecule has 4 rings (SSSR count). The van der Waals surface area contributed by atoms with Crippen LogP contribution in [-0.2, 0) is 26.2 Å². The molecule has 0 spiro atoms. The molecular weight excluding hydrogens is 550 g/mol. The van der Waals surface area contributed by atoms with Gasteiger partial charge in [-0.1, -0.05) is 67.3 Å². The Hall–Kier alpha value is -3.85. The molecule has 0 aromatic heterocycles. The van der Waals surface area contributed by atoms with Crippen LogP contribution in [0.15, 0.2) is 77.7 Å². The molecule has 42 heavy (non-hydrogen) atoms. The minimum Gasteiger partial charge on any atom is -0.497 e. The van der Waals surface area contributed by atoms with Gasteiger partial charge in [0.15, 0.2) is 0 Å². The molecule has 2 amide bonds. The molecule has 1 saturated carbocycles. The number of carbonyl (C=O) groups is 2. The second-order valence-electron chi connectivity index (χ2n) is 10.9. The van der Waals surface area contributed by atoms with Crippen molar-refractivity contribution in [3.8, 4) is 5.75 Å². The van der Waals surface area contributed by atoms with Crippen LogP contribution in [0.2, 0.25) is 0 Å². The monoisotopic (exact) mass is 591 g/mol. The Kier molecular flexibility index (Phi) is 10.3. The number of anilines is 1. The van der Waals surface area contributed by atoms with Crippen LogP contribution in [0.5, 0.6) is 5.75 Å². The van der Waals surface area contributed by atoms with Crippen molar-refractivity contribution >= 4 is 27.5 Å². The lowest BCUT2D eigenvalue weighted by atomic mass is 10.1. The average Bonchev–Trinajstić information content (AvgIpc) is 3.50. The maximum atomic E-state index is 14.2. The zero-order chi connectivity index (χ0) is 30.3. The van der Waals surface area contributed by atoms with Crippen LogP contribution >= 0.6 is 0 Å². The maximum Gasteiger partial charge on any atom is 0.264 e. The average molecular weight is 592 g/mol. The van der Waals surface area contributed by atoms with Crippen molar-refractivity contribution in [3.63, 3.8) is 0 Å². The second kappa shape index (κ2) is 13.9. The van der Waals surface area contributed by atoms with Gasteiger partial charge in [0.05, 0.1) is 17.7 Å². The number of rotatable bonds is 12. The van der Waals surface area contributed by atoms with E-state index in [0.29, 0.717) is 17.9 Å². The molecule has 0 bridgehead atoms. The molecule has 3 aromatic rings. The Bertz CT molecular complexity index is 1450. The van der Waals surface area contributed by atoms with Crippen LogP contribution in [0, 0.1) is 13.8 Å². The van der Waals surface area contributed by atoms with E-state index in [1.807, 2.05) is 45.0 Å². The fraction of sp³-hybridized carbons (Fsp3) is 0.394. The van der Waals surface area contributed by atoms with Crippen molar-refractivity contribution in [2.24, 2.45) is 0 Å². The largest absolute Gasteiger partial charge is 0.497 e. The number of nitrogens with zero attached hydrogens (tertiary/aromatic N) is 2. The van der Waals surface area contributed by atoms with Gasteiger partial charge in [-0.25, -0.2) is 8.42 Å². The van der Waals surface area contributed by atoms with Crippen molar-refractivity contribution in [1.29, 1.82) is 0 Å². The summed E-state index contributed by atoms with van der Waals surface area (Å²) in [4.78, 5) is 29.4. The van der Waals surface area contributed by atoms with Crippen LogP contribution in [0.1, 0.15) is 55.7 Å². The zero-order valence-corrected chi connectivity index (χ0v) is 25.7. The number of aryl methyl sites for hydroxylation is 2. The summed E-state index contributed by atoms with van der Waals surface area (Å²) in [7, 11) is -2.59. The first-order valence-electron chi connectivity index (χ1n) is 14.5. The topological polar surface area (TPSA) is 96.0 Å². The van der Waals surface area contributed by atoms with Crippen molar-refractivity contribution in [1.82, 2.24) is 10.2 Å². The molecule has 0 aliphatic heterocycles. The van der Waals surface area contributed by atoms with Crippen LogP contribution in [-0.4, -0.2) is 50.9 Å². The molecule has 3 aromatic carbocycles. The Morgan fingerprint density at radius 2 is 1.48 bits per heavy atom. The number of ether oxygens (including phenoxy) is 1. The van der Waals surface area contributed by atoms with E-state index in [1.54, 1.807) is 48.5 Å². The van der Waals surface area contributed by atoms with Crippen LogP contribution in [0.3, 0.4) is 0 Å². The summed E-state index contributed by atoms with van der Waals surface area (Å²) in [5.74, 6) is -0.105. The molecule has 0 saturated heterocycles. The lowest BCUT2D eigenvalue weighted by Crippen LogP contribution is -2.53. The normalized spacial score (nSPS) is 14.3. The van der Waals surface area contributed by atoms with Gasteiger partial charge in [-0.05, 0) is 75.1 Å². The fourth-order valence-electron chi connectivity index (χ4n) is 5.29. The van der Waals surface area contributed by atoms with Crippen molar-refractivity contribution in [2.75, 3.05) is 18.0 Å². The highest BCUT2D eigenvalue weighted by Crippen LogP contribution is 2.27. The van der Waals surface area contributed by atoms with Gasteiger partial charge in [0.1, 0.15) is 18.3 Å². The van der Waals surface area contributed by atoms with Crippen LogP contribution in [0.25, 0.3) is 0 Å². The summed E-state index contributed by atoms with van der Waals surface area (Å²) < 4.78 is 34.4. The number of sulfonamides is 1. The van der Waals surface area contributed by atoms with E-state index in [0.717, 1.165) is 46.7 Å². The third-order valence-corrected chi connectivity index (χ3v) is 9.60. The van der Waals surface area contributed by atoms with Gasteiger partial charge in [0, 0.05) is 12.6 Å². The van der Waals surface area contributed by atoms with E-state index in [2.05, 4.69) is 5.32 Å². The highest BCUT2D eigenvalue weighted by molar-refractivity contribution is 7.92. The van der Waals surface area contributed by atoms with E-state index < -0.39 is 28.5 Å². The molecule has 1 N–H and O–H groups in total. The molecule has 0 heterocycles. The highest BCUT2D eigenvalue weighted by Gasteiger charge is 2.34. The Morgan fingerprint density at radius 1 is 0.905 bits per heavy atom. The van der Waals surface area contributed by atoms with Gasteiger partial charge in [-0.2, -0.15) is 0 Å². The molecule has 1 aliphatic carbocycles. The van der Waals surface area contributed by atoms with Crippen molar-refractivity contribution in [3.05, 3.63) is 89.5 Å². The number of carbonyl (C=O) groups excluding carboxylic acids is 2. The van der Waals surface area contributed by atoms with Gasteiger partial charge in [-0.3, -0.25) is 13.9 Å². The van der Waals surface area contributed by atoms with Gasteiger partial charge < -0.3 is 15.0 Å². The summed E-state index contributed by atoms with van der Waals surface area (Å²) in [6, 6.07) is 20.2. The first kappa shape index (κ1) is 31.1. The molecule has 1 atom stereocenters. The number of benzene rings is 3. The number of methoxy groups -OCH3 is 1. The van der Waals surface area contributed by atoms with Crippen molar-refractivity contribution in [2.45, 2.75) is 76.4 Å².